The Kier molecular flexibility index (Phi) is 3.02. The highest BCUT2D eigenvalue weighted by Crippen LogP contribution is 2.01. The van der Waals surface area contributed by atoms with Crippen LogP contribution in [0.15, 0.2) is 6.20 Å². The average Bonchev–Trinajstić information content (AvgIpc) is 2.47. The van der Waals surface area contributed by atoms with E-state index < -0.39 is 0 Å². The number of aromatic amines is 1. The zero-order valence-corrected chi connectivity index (χ0v) is 7.79. The maximum atomic E-state index is 11.4. The van der Waals surface area contributed by atoms with Gasteiger partial charge in [0.15, 0.2) is 0 Å². The first-order valence-corrected chi connectivity index (χ1v) is 4.15. The highest BCUT2D eigenvalue weighted by Gasteiger charge is 2.09. The van der Waals surface area contributed by atoms with Crippen LogP contribution in [-0.2, 0) is 0 Å². The van der Waals surface area contributed by atoms with E-state index >= 15 is 0 Å². The van der Waals surface area contributed by atoms with Crippen LogP contribution in [-0.4, -0.2) is 28.7 Å². The van der Waals surface area contributed by atoms with E-state index in [0.717, 1.165) is 5.69 Å². The number of aromatic nitrogens is 2. The van der Waals surface area contributed by atoms with E-state index in [-0.39, 0.29) is 11.9 Å². The molecule has 1 rings (SSSR count). The first-order valence-electron chi connectivity index (χ1n) is 4.15. The highest BCUT2D eigenvalue weighted by atomic mass is 16.1. The van der Waals surface area contributed by atoms with E-state index in [2.05, 4.69) is 15.5 Å². The Bertz CT molecular complexity index is 292. The Morgan fingerprint density at radius 1 is 1.85 bits per heavy atom. The number of amides is 1. The number of H-pyrrole nitrogens is 1. The number of aryl methyl sites for hydroxylation is 1. The minimum atomic E-state index is -0.136. The molecule has 1 atom stereocenters. The first kappa shape index (κ1) is 9.73. The predicted octanol–water partition coefficient (Wildman–Crippen LogP) is -0.205. The summed E-state index contributed by atoms with van der Waals surface area (Å²) in [6, 6.07) is -0.0313. The van der Waals surface area contributed by atoms with Crippen LogP contribution in [0, 0.1) is 6.92 Å². The summed E-state index contributed by atoms with van der Waals surface area (Å²) in [5.74, 6) is -0.136. The molecule has 5 nitrogen and oxygen atoms in total. The Labute approximate surface area is 76.7 Å². The molecule has 72 valence electrons. The fourth-order valence-corrected chi connectivity index (χ4v) is 0.929. The topological polar surface area (TPSA) is 83.8 Å². The van der Waals surface area contributed by atoms with E-state index in [1.54, 1.807) is 6.92 Å². The summed E-state index contributed by atoms with van der Waals surface area (Å²) in [5, 5.41) is 9.15. The normalized spacial score (nSPS) is 12.5. The van der Waals surface area contributed by atoms with Crippen LogP contribution >= 0.6 is 0 Å². The SMILES string of the molecule is Cc1[nH]ncc1C(=O)NCC(C)N. The van der Waals surface area contributed by atoms with Crippen molar-refractivity contribution in [2.45, 2.75) is 19.9 Å². The van der Waals surface area contributed by atoms with E-state index in [4.69, 9.17) is 5.73 Å². The molecule has 4 N–H and O–H groups in total. The second-order valence-electron chi connectivity index (χ2n) is 3.10. The molecule has 0 spiro atoms. The van der Waals surface area contributed by atoms with Crippen molar-refractivity contribution < 1.29 is 4.79 Å². The number of hydrogen-bond acceptors (Lipinski definition) is 3. The lowest BCUT2D eigenvalue weighted by atomic mass is 10.2. The zero-order valence-electron chi connectivity index (χ0n) is 7.79. The van der Waals surface area contributed by atoms with Crippen molar-refractivity contribution in [3.8, 4) is 0 Å². The van der Waals surface area contributed by atoms with Crippen LogP contribution in [0.1, 0.15) is 23.0 Å². The molecule has 0 aromatic carbocycles. The largest absolute Gasteiger partial charge is 0.350 e. The number of rotatable bonds is 3. The van der Waals surface area contributed by atoms with Crippen LogP contribution in [0.4, 0.5) is 0 Å². The Morgan fingerprint density at radius 2 is 2.54 bits per heavy atom. The summed E-state index contributed by atoms with van der Waals surface area (Å²) in [7, 11) is 0. The van der Waals surface area contributed by atoms with E-state index in [9.17, 15) is 4.79 Å². The van der Waals surface area contributed by atoms with Crippen LogP contribution in [0.5, 0.6) is 0 Å². The molecule has 1 unspecified atom stereocenters. The van der Waals surface area contributed by atoms with Crippen molar-refractivity contribution >= 4 is 5.91 Å². The summed E-state index contributed by atoms with van der Waals surface area (Å²) in [4.78, 5) is 11.4. The van der Waals surface area contributed by atoms with Crippen molar-refractivity contribution in [2.75, 3.05) is 6.54 Å². The average molecular weight is 182 g/mol. The number of hydrogen-bond donors (Lipinski definition) is 3. The molecule has 1 aromatic heterocycles. The fourth-order valence-electron chi connectivity index (χ4n) is 0.929. The first-order chi connectivity index (χ1) is 6.11. The molecule has 1 heterocycles. The van der Waals surface area contributed by atoms with Crippen LogP contribution in [0.3, 0.4) is 0 Å². The smallest absolute Gasteiger partial charge is 0.254 e. The van der Waals surface area contributed by atoms with Gasteiger partial charge in [0.25, 0.3) is 5.91 Å². The van der Waals surface area contributed by atoms with Gasteiger partial charge in [-0.3, -0.25) is 9.89 Å². The molecule has 0 aliphatic rings. The number of nitrogens with one attached hydrogen (secondary N) is 2. The molecule has 5 heteroatoms. The molecular formula is C8H14N4O. The quantitative estimate of drug-likeness (QED) is 0.605. The lowest BCUT2D eigenvalue weighted by molar-refractivity contribution is 0.0951. The predicted molar refractivity (Wildman–Crippen MR) is 49.3 cm³/mol. The van der Waals surface area contributed by atoms with Gasteiger partial charge >= 0.3 is 0 Å². The van der Waals surface area contributed by atoms with Crippen LogP contribution in [0.2, 0.25) is 0 Å². The van der Waals surface area contributed by atoms with Crippen molar-refractivity contribution in [1.82, 2.24) is 15.5 Å². The zero-order chi connectivity index (χ0) is 9.84. The van der Waals surface area contributed by atoms with E-state index in [1.165, 1.54) is 6.20 Å². The maximum absolute atomic E-state index is 11.4. The molecule has 0 bridgehead atoms. The lowest BCUT2D eigenvalue weighted by Crippen LogP contribution is -2.35. The Balaban J connectivity index is 2.54. The van der Waals surface area contributed by atoms with Gasteiger partial charge in [-0.1, -0.05) is 0 Å². The highest BCUT2D eigenvalue weighted by molar-refractivity contribution is 5.94. The van der Waals surface area contributed by atoms with Gasteiger partial charge in [-0.2, -0.15) is 5.10 Å². The summed E-state index contributed by atoms with van der Waals surface area (Å²) in [6.07, 6.45) is 1.51. The van der Waals surface area contributed by atoms with Crippen molar-refractivity contribution in [3.63, 3.8) is 0 Å². The summed E-state index contributed by atoms with van der Waals surface area (Å²) < 4.78 is 0. The third-order valence-electron chi connectivity index (χ3n) is 1.66. The minimum absolute atomic E-state index is 0.0313. The van der Waals surface area contributed by atoms with Crippen molar-refractivity contribution in [1.29, 1.82) is 0 Å². The minimum Gasteiger partial charge on any atom is -0.350 e. The number of carbonyl (C=O) groups is 1. The van der Waals surface area contributed by atoms with Crippen LogP contribution in [0.25, 0.3) is 0 Å². The molecule has 0 saturated carbocycles. The van der Waals surface area contributed by atoms with Gasteiger partial charge in [-0.15, -0.1) is 0 Å². The summed E-state index contributed by atoms with van der Waals surface area (Å²) >= 11 is 0. The molecule has 0 aliphatic heterocycles. The second-order valence-corrected chi connectivity index (χ2v) is 3.10. The Morgan fingerprint density at radius 3 is 3.00 bits per heavy atom. The Hall–Kier alpha value is -1.36. The number of nitrogens with zero attached hydrogens (tertiary/aromatic N) is 1. The monoisotopic (exact) mass is 182 g/mol. The van der Waals surface area contributed by atoms with Gasteiger partial charge in [0.05, 0.1) is 11.8 Å². The van der Waals surface area contributed by atoms with Gasteiger partial charge in [-0.25, -0.2) is 0 Å². The maximum Gasteiger partial charge on any atom is 0.254 e. The van der Waals surface area contributed by atoms with Gasteiger partial charge in [0, 0.05) is 18.3 Å². The third-order valence-corrected chi connectivity index (χ3v) is 1.66. The summed E-state index contributed by atoms with van der Waals surface area (Å²) in [6.45, 7) is 4.11. The summed E-state index contributed by atoms with van der Waals surface area (Å²) in [5.41, 5.74) is 6.83. The molecule has 13 heavy (non-hydrogen) atoms. The van der Waals surface area contributed by atoms with Gasteiger partial charge in [0.1, 0.15) is 0 Å². The van der Waals surface area contributed by atoms with Crippen molar-refractivity contribution in [3.05, 3.63) is 17.5 Å². The molecule has 0 saturated heterocycles. The molecule has 0 fully saturated rings. The number of nitrogens with two attached hydrogens (primary N) is 1. The third kappa shape index (κ3) is 2.55. The molecule has 1 aromatic rings. The fraction of sp³-hybridized carbons (Fsp3) is 0.500. The lowest BCUT2D eigenvalue weighted by Gasteiger charge is -2.06. The van der Waals surface area contributed by atoms with E-state index in [0.29, 0.717) is 12.1 Å². The molecule has 0 aliphatic carbocycles. The van der Waals surface area contributed by atoms with Gasteiger partial charge < -0.3 is 11.1 Å². The molecular weight excluding hydrogens is 168 g/mol. The molecule has 0 radical (unpaired) electrons. The van der Waals surface area contributed by atoms with E-state index in [1.807, 2.05) is 6.92 Å². The van der Waals surface area contributed by atoms with Crippen molar-refractivity contribution in [2.24, 2.45) is 5.73 Å². The molecule has 1 amide bonds. The van der Waals surface area contributed by atoms with Crippen LogP contribution < -0.4 is 11.1 Å². The van der Waals surface area contributed by atoms with Gasteiger partial charge in [0.2, 0.25) is 0 Å². The number of carbonyl (C=O) groups excluding carboxylic acids is 1. The standard InChI is InChI=1S/C8H14N4O/c1-5(9)3-10-8(13)7-4-11-12-6(7)2/h4-5H,3,9H2,1-2H3,(H,10,13)(H,11,12). The van der Waals surface area contributed by atoms with Gasteiger partial charge in [-0.05, 0) is 13.8 Å². The second kappa shape index (κ2) is 4.04.